The minimum absolute atomic E-state index is 0.178. The maximum absolute atomic E-state index is 12.9. The number of hydrogen-bond donors (Lipinski definition) is 2. The van der Waals surface area contributed by atoms with Crippen molar-refractivity contribution in [3.8, 4) is 6.07 Å². The number of carboxylic acid groups (broad SMARTS) is 1. The van der Waals surface area contributed by atoms with Crippen molar-refractivity contribution in [1.82, 2.24) is 10.2 Å². The van der Waals surface area contributed by atoms with Gasteiger partial charge in [0, 0.05) is 10.7 Å². The number of β-lactam (4-membered cyclic amide) rings is 1. The number of aliphatic carboxylic acids is 1. The van der Waals surface area contributed by atoms with E-state index in [1.165, 1.54) is 16.7 Å². The van der Waals surface area contributed by atoms with E-state index in [2.05, 4.69) is 11.4 Å². The standard InChI is InChI=1S/C19H21N3O3S2/c1-10-7-5-6-8-12(10)11(2)14(26)21-19(9-20)16(25)22-13(15(23)24)18(3,4)27-17(19)22/h5-8,11,13,17H,1-4H3,(H,21,26)(H,23,24)/t11?,13-,17+,19-/m0/s1. The number of nitrogens with one attached hydrogen (secondary N) is 1. The molecule has 3 rings (SSSR count). The lowest BCUT2D eigenvalue weighted by Gasteiger charge is -2.49. The fourth-order valence-corrected chi connectivity index (χ4v) is 5.75. The Morgan fingerprint density at radius 2 is 2.07 bits per heavy atom. The van der Waals surface area contributed by atoms with Gasteiger partial charge in [-0.15, -0.1) is 11.8 Å². The zero-order valence-electron chi connectivity index (χ0n) is 15.5. The third-order valence-electron chi connectivity index (χ3n) is 5.33. The van der Waals surface area contributed by atoms with Gasteiger partial charge in [-0.05, 0) is 31.9 Å². The lowest BCUT2D eigenvalue weighted by atomic mass is 9.84. The first-order chi connectivity index (χ1) is 12.6. The molecule has 0 spiro atoms. The first-order valence-corrected chi connectivity index (χ1v) is 9.88. The number of thiocarbonyl (C=S) groups is 1. The Bertz CT molecular complexity index is 879. The van der Waals surface area contributed by atoms with Crippen molar-refractivity contribution in [2.45, 2.75) is 55.3 Å². The summed E-state index contributed by atoms with van der Waals surface area (Å²) >= 11 is 6.85. The van der Waals surface area contributed by atoms with Crippen LogP contribution in [0.1, 0.15) is 37.8 Å². The van der Waals surface area contributed by atoms with E-state index in [0.717, 1.165) is 11.1 Å². The van der Waals surface area contributed by atoms with Crippen LogP contribution in [0.25, 0.3) is 0 Å². The predicted molar refractivity (Wildman–Crippen MR) is 107 cm³/mol. The van der Waals surface area contributed by atoms with Gasteiger partial charge in [-0.25, -0.2) is 4.79 Å². The van der Waals surface area contributed by atoms with Crippen LogP contribution in [0, 0.1) is 18.3 Å². The molecule has 1 unspecified atom stereocenters. The number of carbonyl (C=O) groups excluding carboxylic acids is 1. The van der Waals surface area contributed by atoms with Gasteiger partial charge in [0.25, 0.3) is 5.91 Å². The predicted octanol–water partition coefficient (Wildman–Crippen LogP) is 2.42. The summed E-state index contributed by atoms with van der Waals surface area (Å²) in [5.41, 5.74) is 0.568. The van der Waals surface area contributed by atoms with E-state index in [9.17, 15) is 20.0 Å². The molecule has 2 aliphatic heterocycles. The largest absolute Gasteiger partial charge is 0.480 e. The van der Waals surface area contributed by atoms with Crippen molar-refractivity contribution in [3.05, 3.63) is 35.4 Å². The topological polar surface area (TPSA) is 93.4 Å². The summed E-state index contributed by atoms with van der Waals surface area (Å²) in [5.74, 6) is -1.77. The van der Waals surface area contributed by atoms with Crippen LogP contribution < -0.4 is 5.32 Å². The van der Waals surface area contributed by atoms with Crippen molar-refractivity contribution in [3.63, 3.8) is 0 Å². The van der Waals surface area contributed by atoms with Crippen molar-refractivity contribution in [1.29, 1.82) is 5.26 Å². The third-order valence-corrected chi connectivity index (χ3v) is 7.42. The minimum atomic E-state index is -1.53. The molecule has 1 aromatic carbocycles. The van der Waals surface area contributed by atoms with Gasteiger partial charge in [0.2, 0.25) is 5.54 Å². The normalized spacial score (nSPS) is 29.3. The van der Waals surface area contributed by atoms with Gasteiger partial charge in [0.15, 0.2) is 0 Å². The number of nitrogens with zero attached hydrogens (tertiary/aromatic N) is 2. The van der Waals surface area contributed by atoms with E-state index in [1.54, 1.807) is 13.8 Å². The second kappa shape index (κ2) is 6.50. The molecule has 8 heteroatoms. The van der Waals surface area contributed by atoms with E-state index >= 15 is 0 Å². The summed E-state index contributed by atoms with van der Waals surface area (Å²) in [6.07, 6.45) is 0. The fourth-order valence-electron chi connectivity index (χ4n) is 3.82. The number of rotatable bonds is 4. The van der Waals surface area contributed by atoms with Gasteiger partial charge in [0.05, 0.1) is 4.99 Å². The smallest absolute Gasteiger partial charge is 0.327 e. The zero-order chi connectivity index (χ0) is 20.1. The number of carboxylic acids is 1. The fraction of sp³-hybridized carbons (Fsp3) is 0.474. The molecule has 0 radical (unpaired) electrons. The average molecular weight is 404 g/mol. The van der Waals surface area contributed by atoms with Crippen molar-refractivity contribution < 1.29 is 14.7 Å². The van der Waals surface area contributed by atoms with E-state index in [4.69, 9.17) is 12.2 Å². The lowest BCUT2D eigenvalue weighted by Crippen LogP contribution is -2.79. The molecule has 2 saturated heterocycles. The van der Waals surface area contributed by atoms with E-state index in [1.807, 2.05) is 38.1 Å². The number of aryl methyl sites for hydroxylation is 1. The van der Waals surface area contributed by atoms with Crippen LogP contribution in [0.5, 0.6) is 0 Å². The quantitative estimate of drug-likeness (QED) is 0.589. The Kier molecular flexibility index (Phi) is 4.73. The molecule has 0 aliphatic carbocycles. The van der Waals surface area contributed by atoms with Gasteiger partial charge in [-0.2, -0.15) is 5.26 Å². The van der Waals surface area contributed by atoms with Crippen LogP contribution in [0.15, 0.2) is 24.3 Å². The molecule has 2 fully saturated rings. The Labute approximate surface area is 167 Å². The molecule has 1 amide bonds. The van der Waals surface area contributed by atoms with Crippen LogP contribution in [-0.2, 0) is 9.59 Å². The number of benzene rings is 1. The lowest BCUT2D eigenvalue weighted by molar-refractivity contribution is -0.163. The summed E-state index contributed by atoms with van der Waals surface area (Å²) in [6.45, 7) is 7.46. The second-order valence-electron chi connectivity index (χ2n) is 7.51. The number of hydrogen-bond acceptors (Lipinski definition) is 5. The molecule has 142 valence electrons. The van der Waals surface area contributed by atoms with Gasteiger partial charge >= 0.3 is 5.97 Å². The summed E-state index contributed by atoms with van der Waals surface area (Å²) in [6, 6.07) is 8.93. The molecule has 2 aliphatic rings. The number of fused-ring (bicyclic) bond motifs is 1. The number of amides is 1. The highest BCUT2D eigenvalue weighted by Crippen LogP contribution is 2.54. The van der Waals surface area contributed by atoms with Crippen molar-refractivity contribution >= 4 is 40.8 Å². The summed E-state index contributed by atoms with van der Waals surface area (Å²) in [5, 5.41) is 21.8. The Balaban J connectivity index is 1.87. The van der Waals surface area contributed by atoms with Crippen LogP contribution in [0.4, 0.5) is 0 Å². The van der Waals surface area contributed by atoms with E-state index in [-0.39, 0.29) is 5.92 Å². The zero-order valence-corrected chi connectivity index (χ0v) is 17.1. The minimum Gasteiger partial charge on any atom is -0.480 e. The first kappa shape index (κ1) is 19.6. The first-order valence-electron chi connectivity index (χ1n) is 8.59. The maximum Gasteiger partial charge on any atom is 0.327 e. The molecule has 6 nitrogen and oxygen atoms in total. The summed E-state index contributed by atoms with van der Waals surface area (Å²) in [7, 11) is 0. The number of nitriles is 1. The van der Waals surface area contributed by atoms with Crippen molar-refractivity contribution in [2.24, 2.45) is 0 Å². The van der Waals surface area contributed by atoms with E-state index in [0.29, 0.717) is 4.99 Å². The highest BCUT2D eigenvalue weighted by Gasteiger charge is 2.72. The molecular formula is C19H21N3O3S2. The van der Waals surface area contributed by atoms with Gasteiger partial charge < -0.3 is 15.3 Å². The summed E-state index contributed by atoms with van der Waals surface area (Å²) in [4.78, 5) is 26.2. The monoisotopic (exact) mass is 403 g/mol. The molecule has 0 aromatic heterocycles. The SMILES string of the molecule is Cc1ccccc1C(C)C(=S)N[C@@]1(C#N)C(=O)N2[C@@H](C(=O)O)C(C)(C)S[C@@H]21. The Hall–Kier alpha value is -2.11. The molecule has 2 N–H and O–H groups in total. The third kappa shape index (κ3) is 2.80. The van der Waals surface area contributed by atoms with Gasteiger partial charge in [-0.3, -0.25) is 4.79 Å². The molecule has 4 atom stereocenters. The van der Waals surface area contributed by atoms with Crippen LogP contribution in [0.2, 0.25) is 0 Å². The maximum atomic E-state index is 12.9. The van der Waals surface area contributed by atoms with E-state index < -0.39 is 33.6 Å². The van der Waals surface area contributed by atoms with Crippen LogP contribution in [0.3, 0.4) is 0 Å². The number of carbonyl (C=O) groups is 2. The van der Waals surface area contributed by atoms with Crippen LogP contribution in [-0.4, -0.2) is 48.6 Å². The van der Waals surface area contributed by atoms with Crippen molar-refractivity contribution in [2.75, 3.05) is 0 Å². The van der Waals surface area contributed by atoms with Gasteiger partial charge in [0.1, 0.15) is 17.5 Å². The molecular weight excluding hydrogens is 382 g/mol. The summed E-state index contributed by atoms with van der Waals surface area (Å²) < 4.78 is -0.699. The molecule has 27 heavy (non-hydrogen) atoms. The number of thioether (sulfide) groups is 1. The highest BCUT2D eigenvalue weighted by molar-refractivity contribution is 8.01. The second-order valence-corrected chi connectivity index (χ2v) is 9.69. The Morgan fingerprint density at radius 3 is 2.63 bits per heavy atom. The molecule has 0 saturated carbocycles. The molecule has 1 aromatic rings. The molecule has 0 bridgehead atoms. The van der Waals surface area contributed by atoms with Gasteiger partial charge in [-0.1, -0.05) is 43.4 Å². The Morgan fingerprint density at radius 1 is 1.44 bits per heavy atom. The molecule has 2 heterocycles. The van der Waals surface area contributed by atoms with Crippen LogP contribution >= 0.6 is 24.0 Å². The highest BCUT2D eigenvalue weighted by atomic mass is 32.2. The average Bonchev–Trinajstić information content (AvgIpc) is 2.88.